The first-order chi connectivity index (χ1) is 17.9. The maximum Gasteiger partial charge on any atom is 0.326 e. The summed E-state index contributed by atoms with van der Waals surface area (Å²) in [5.41, 5.74) is 11.6. The van der Waals surface area contributed by atoms with Crippen LogP contribution in [0, 0.1) is 0 Å². The van der Waals surface area contributed by atoms with Crippen LogP contribution in [0.5, 0.6) is 5.75 Å². The summed E-state index contributed by atoms with van der Waals surface area (Å²) in [5, 5.41) is 36.2. The van der Waals surface area contributed by atoms with E-state index in [1.807, 2.05) is 0 Å². The average molecular weight is 534 g/mol. The average Bonchev–Trinajstić information content (AvgIpc) is 3.35. The number of aromatic hydroxyl groups is 1. The van der Waals surface area contributed by atoms with Gasteiger partial charge in [-0.1, -0.05) is 12.1 Å². The molecular weight excluding hydrogens is 502 g/mol. The number of nitrogens with two attached hydrogens (primary N) is 2. The van der Waals surface area contributed by atoms with Gasteiger partial charge in [-0.25, -0.2) is 9.78 Å². The van der Waals surface area contributed by atoms with Crippen molar-refractivity contribution < 1.29 is 39.3 Å². The number of aliphatic hydroxyl groups is 1. The van der Waals surface area contributed by atoms with Crippen LogP contribution in [0.2, 0.25) is 0 Å². The molecule has 4 amide bonds. The number of carboxylic acids is 1. The van der Waals surface area contributed by atoms with Gasteiger partial charge in [-0.3, -0.25) is 19.2 Å². The topological polar surface area (TPSA) is 263 Å². The van der Waals surface area contributed by atoms with Gasteiger partial charge in [-0.05, 0) is 24.6 Å². The van der Waals surface area contributed by atoms with Gasteiger partial charge in [0, 0.05) is 24.7 Å². The number of hydrogen-bond acceptors (Lipinski definition) is 9. The molecule has 0 saturated heterocycles. The fourth-order valence-electron chi connectivity index (χ4n) is 3.40. The lowest BCUT2D eigenvalue weighted by atomic mass is 10.0. The zero-order valence-electron chi connectivity index (χ0n) is 20.5. The van der Waals surface area contributed by atoms with E-state index in [1.54, 1.807) is 0 Å². The lowest BCUT2D eigenvalue weighted by Gasteiger charge is -2.26. The maximum absolute atomic E-state index is 13.1. The smallest absolute Gasteiger partial charge is 0.326 e. The predicted molar refractivity (Wildman–Crippen MR) is 131 cm³/mol. The van der Waals surface area contributed by atoms with Crippen molar-refractivity contribution in [3.63, 3.8) is 0 Å². The summed E-state index contributed by atoms with van der Waals surface area (Å²) in [6.45, 7) is 1.21. The van der Waals surface area contributed by atoms with Crippen molar-refractivity contribution in [1.82, 2.24) is 25.9 Å². The summed E-state index contributed by atoms with van der Waals surface area (Å²) >= 11 is 0. The van der Waals surface area contributed by atoms with E-state index in [9.17, 15) is 39.3 Å². The fraction of sp³-hybridized carbons (Fsp3) is 0.391. The lowest BCUT2D eigenvalue weighted by molar-refractivity contribution is -0.142. The number of primary amides is 1. The number of benzene rings is 1. The van der Waals surface area contributed by atoms with Crippen molar-refractivity contribution in [3.8, 4) is 5.75 Å². The number of carbonyl (C=O) groups is 5. The largest absolute Gasteiger partial charge is 0.508 e. The molecule has 5 unspecified atom stereocenters. The molecule has 0 bridgehead atoms. The SMILES string of the molecule is CC(O)C(NC(=O)C(N)CC(N)=O)C(=O)NC(Cc1cnc[nH]1)C(=O)NC(Cc1ccc(O)cc1)C(=O)O. The Kier molecular flexibility index (Phi) is 10.7. The molecule has 2 aromatic rings. The summed E-state index contributed by atoms with van der Waals surface area (Å²) in [7, 11) is 0. The number of aromatic nitrogens is 2. The van der Waals surface area contributed by atoms with Crippen LogP contribution >= 0.6 is 0 Å². The van der Waals surface area contributed by atoms with E-state index in [4.69, 9.17) is 11.5 Å². The van der Waals surface area contributed by atoms with E-state index >= 15 is 0 Å². The highest BCUT2D eigenvalue weighted by Crippen LogP contribution is 2.12. The summed E-state index contributed by atoms with van der Waals surface area (Å²) in [6, 6.07) is 0.0798. The number of phenolic OH excluding ortho intramolecular Hbond substituents is 1. The Bertz CT molecular complexity index is 1120. The number of H-pyrrole nitrogens is 1. The van der Waals surface area contributed by atoms with Gasteiger partial charge in [0.05, 0.1) is 24.9 Å². The van der Waals surface area contributed by atoms with Gasteiger partial charge in [0.25, 0.3) is 0 Å². The minimum Gasteiger partial charge on any atom is -0.508 e. The van der Waals surface area contributed by atoms with E-state index in [2.05, 4.69) is 25.9 Å². The monoisotopic (exact) mass is 533 g/mol. The Morgan fingerprint density at radius 3 is 2.13 bits per heavy atom. The highest BCUT2D eigenvalue weighted by atomic mass is 16.4. The molecule has 38 heavy (non-hydrogen) atoms. The molecule has 15 nitrogen and oxygen atoms in total. The number of carbonyl (C=O) groups excluding carboxylic acids is 4. The van der Waals surface area contributed by atoms with Gasteiger partial charge >= 0.3 is 5.97 Å². The van der Waals surface area contributed by atoms with Gasteiger partial charge in [-0.15, -0.1) is 0 Å². The first-order valence-corrected chi connectivity index (χ1v) is 11.5. The van der Waals surface area contributed by atoms with Gasteiger partial charge in [0.15, 0.2) is 0 Å². The second-order valence-corrected chi connectivity index (χ2v) is 8.62. The summed E-state index contributed by atoms with van der Waals surface area (Å²) in [6.07, 6.45) is 0.560. The minimum atomic E-state index is -1.56. The Morgan fingerprint density at radius 1 is 0.974 bits per heavy atom. The van der Waals surface area contributed by atoms with Gasteiger partial charge in [0.2, 0.25) is 23.6 Å². The third-order valence-electron chi connectivity index (χ3n) is 5.42. The second-order valence-electron chi connectivity index (χ2n) is 8.62. The molecule has 0 aliphatic heterocycles. The van der Waals surface area contributed by atoms with Gasteiger partial charge < -0.3 is 47.7 Å². The summed E-state index contributed by atoms with van der Waals surface area (Å²) in [5.74, 6) is -4.95. The third kappa shape index (κ3) is 9.18. The van der Waals surface area contributed by atoms with E-state index in [0.717, 1.165) is 0 Å². The number of aliphatic carboxylic acids is 1. The number of nitrogens with zero attached hydrogens (tertiary/aromatic N) is 1. The zero-order valence-corrected chi connectivity index (χ0v) is 20.5. The third-order valence-corrected chi connectivity index (χ3v) is 5.42. The lowest BCUT2D eigenvalue weighted by Crippen LogP contribution is -2.60. The molecule has 0 saturated carbocycles. The zero-order chi connectivity index (χ0) is 28.4. The number of aliphatic hydroxyl groups excluding tert-OH is 1. The van der Waals surface area contributed by atoms with E-state index in [1.165, 1.54) is 43.7 Å². The van der Waals surface area contributed by atoms with Crippen molar-refractivity contribution in [2.24, 2.45) is 11.5 Å². The molecule has 0 spiro atoms. The number of aromatic amines is 1. The van der Waals surface area contributed by atoms with Gasteiger partial charge in [-0.2, -0.15) is 0 Å². The quantitative estimate of drug-likeness (QED) is 0.119. The molecule has 0 radical (unpaired) electrons. The second kappa shape index (κ2) is 13.7. The number of rotatable bonds is 14. The molecule has 1 aromatic carbocycles. The molecule has 15 heteroatoms. The fourth-order valence-corrected chi connectivity index (χ4v) is 3.40. The molecule has 11 N–H and O–H groups in total. The van der Waals surface area contributed by atoms with Crippen LogP contribution < -0.4 is 27.4 Å². The van der Waals surface area contributed by atoms with Crippen LogP contribution in [0.4, 0.5) is 0 Å². The summed E-state index contributed by atoms with van der Waals surface area (Å²) in [4.78, 5) is 67.9. The number of carboxylic acid groups (broad SMARTS) is 1. The standard InChI is InChI=1S/C23H31N7O8/c1-11(31)19(30-20(34)15(24)8-18(25)33)22(36)28-16(7-13-9-26-10-27-13)21(35)29-17(23(37)38)6-12-2-4-14(32)5-3-12/h2-5,9-11,15-17,19,31-32H,6-8,24H2,1H3,(H2,25,33)(H,26,27)(H,28,36)(H,29,35)(H,30,34)(H,37,38). The van der Waals surface area contributed by atoms with Crippen LogP contribution in [0.1, 0.15) is 24.6 Å². The minimum absolute atomic E-state index is 0.0117. The first kappa shape index (κ1) is 29.7. The highest BCUT2D eigenvalue weighted by Gasteiger charge is 2.33. The molecule has 0 aliphatic rings. The maximum atomic E-state index is 13.1. The number of phenols is 1. The van der Waals surface area contributed by atoms with E-state index in [0.29, 0.717) is 11.3 Å². The van der Waals surface area contributed by atoms with Gasteiger partial charge in [0.1, 0.15) is 23.9 Å². The molecule has 1 heterocycles. The number of amides is 4. The molecule has 1 aromatic heterocycles. The predicted octanol–water partition coefficient (Wildman–Crippen LogP) is -2.98. The Morgan fingerprint density at radius 2 is 1.61 bits per heavy atom. The van der Waals surface area contributed by atoms with Crippen molar-refractivity contribution in [1.29, 1.82) is 0 Å². The Hall–Kier alpha value is -4.50. The molecule has 0 aliphatic carbocycles. The highest BCUT2D eigenvalue weighted by molar-refractivity contribution is 5.95. The van der Waals surface area contributed by atoms with E-state index in [-0.39, 0.29) is 18.6 Å². The summed E-state index contributed by atoms with van der Waals surface area (Å²) < 4.78 is 0. The van der Waals surface area contributed by atoms with Crippen molar-refractivity contribution >= 4 is 29.6 Å². The van der Waals surface area contributed by atoms with Crippen molar-refractivity contribution in [2.75, 3.05) is 0 Å². The number of imidazole rings is 1. The number of hydrogen-bond donors (Lipinski definition) is 9. The number of nitrogens with one attached hydrogen (secondary N) is 4. The van der Waals surface area contributed by atoms with Crippen LogP contribution in [0.25, 0.3) is 0 Å². The Balaban J connectivity index is 2.19. The molecular formula is C23H31N7O8. The van der Waals surface area contributed by atoms with E-state index < -0.39 is 66.3 Å². The van der Waals surface area contributed by atoms with Crippen LogP contribution in [0.3, 0.4) is 0 Å². The molecule has 0 fully saturated rings. The van der Waals surface area contributed by atoms with Crippen molar-refractivity contribution in [2.45, 2.75) is 56.5 Å². The van der Waals surface area contributed by atoms with Crippen LogP contribution in [0.15, 0.2) is 36.8 Å². The van der Waals surface area contributed by atoms with Crippen LogP contribution in [-0.4, -0.2) is 85.2 Å². The Labute approximate surface area is 217 Å². The van der Waals surface area contributed by atoms with Crippen molar-refractivity contribution in [3.05, 3.63) is 48.0 Å². The molecule has 5 atom stereocenters. The molecule has 206 valence electrons. The normalized spacial score (nSPS) is 14.8. The molecule has 2 rings (SSSR count). The first-order valence-electron chi connectivity index (χ1n) is 11.5. The van der Waals surface area contributed by atoms with Crippen LogP contribution in [-0.2, 0) is 36.8 Å².